The normalized spacial score (nSPS) is 12.0. The minimum absolute atomic E-state index is 0.765. The van der Waals surface area contributed by atoms with E-state index in [1.807, 2.05) is 31.2 Å². The van der Waals surface area contributed by atoms with Crippen LogP contribution in [-0.2, 0) is 0 Å². The Bertz CT molecular complexity index is 397. The maximum absolute atomic E-state index is 5.55. The molecule has 0 aliphatic carbocycles. The van der Waals surface area contributed by atoms with Gasteiger partial charge in [0.25, 0.3) is 0 Å². The number of nitrogens with zero attached hydrogens (tertiary/aromatic N) is 1. The maximum atomic E-state index is 5.55. The summed E-state index contributed by atoms with van der Waals surface area (Å²) in [7, 11) is 0. The fourth-order valence-electron chi connectivity index (χ4n) is 1.14. The molecule has 0 fully saturated rings. The Hall–Kier alpha value is -1.83. The minimum atomic E-state index is 0.765. The van der Waals surface area contributed by atoms with Gasteiger partial charge in [-0.1, -0.05) is 36.4 Å². The van der Waals surface area contributed by atoms with Gasteiger partial charge in [0.05, 0.1) is 0 Å². The molecule has 2 heteroatoms. The fourth-order valence-corrected chi connectivity index (χ4v) is 1.14. The Labute approximate surface area is 90.8 Å². The number of aryl methyl sites for hydroxylation is 1. The predicted molar refractivity (Wildman–Crippen MR) is 66.6 cm³/mol. The molecule has 0 spiro atoms. The smallest absolute Gasteiger partial charge is 0.0363 e. The third-order valence-electron chi connectivity index (χ3n) is 1.99. The lowest BCUT2D eigenvalue weighted by Crippen LogP contribution is -1.91. The summed E-state index contributed by atoms with van der Waals surface area (Å²) >= 11 is 0. The molecule has 78 valence electrons. The van der Waals surface area contributed by atoms with Crippen molar-refractivity contribution in [1.82, 2.24) is 0 Å². The van der Waals surface area contributed by atoms with Crippen LogP contribution in [0.25, 0.3) is 5.57 Å². The molecule has 0 aromatic heterocycles. The summed E-state index contributed by atoms with van der Waals surface area (Å²) in [5.41, 5.74) is 9.50. The summed E-state index contributed by atoms with van der Waals surface area (Å²) in [6.07, 6.45) is 3.28. The largest absolute Gasteiger partial charge is 0.404 e. The first kappa shape index (κ1) is 11.2. The lowest BCUT2D eigenvalue weighted by molar-refractivity contribution is 1.34. The van der Waals surface area contributed by atoms with E-state index in [4.69, 9.17) is 5.73 Å². The Morgan fingerprint density at radius 2 is 1.93 bits per heavy atom. The van der Waals surface area contributed by atoms with Crippen LogP contribution in [0.1, 0.15) is 18.1 Å². The van der Waals surface area contributed by atoms with Gasteiger partial charge in [-0.25, -0.2) is 0 Å². The molecule has 0 saturated carbocycles. The number of hydrogen-bond acceptors (Lipinski definition) is 2. The van der Waals surface area contributed by atoms with Gasteiger partial charge in [-0.2, -0.15) is 0 Å². The molecule has 15 heavy (non-hydrogen) atoms. The summed E-state index contributed by atoms with van der Waals surface area (Å²) in [6.45, 7) is 7.60. The van der Waals surface area contributed by atoms with Crippen molar-refractivity contribution in [2.75, 3.05) is 0 Å². The Morgan fingerprint density at radius 3 is 2.40 bits per heavy atom. The van der Waals surface area contributed by atoms with Crippen LogP contribution in [0.4, 0.5) is 0 Å². The zero-order chi connectivity index (χ0) is 11.3. The zero-order valence-electron chi connectivity index (χ0n) is 9.20. The third kappa shape index (κ3) is 3.43. The van der Waals surface area contributed by atoms with E-state index in [9.17, 15) is 0 Å². The molecule has 0 aliphatic heterocycles. The lowest BCUT2D eigenvalue weighted by Gasteiger charge is -2.01. The molecule has 0 radical (unpaired) electrons. The van der Waals surface area contributed by atoms with Crippen molar-refractivity contribution in [3.63, 3.8) is 0 Å². The second-order valence-corrected chi connectivity index (χ2v) is 3.48. The molecule has 0 atom stereocenters. The van der Waals surface area contributed by atoms with Crippen molar-refractivity contribution < 1.29 is 0 Å². The van der Waals surface area contributed by atoms with Crippen LogP contribution in [0.5, 0.6) is 0 Å². The van der Waals surface area contributed by atoms with Gasteiger partial charge in [0, 0.05) is 23.7 Å². The number of benzene rings is 1. The standard InChI is InChI=1S/C13H16N2/c1-10(2)15-9-13(8-14)12-6-4-11(3)5-7-12/h4-9H,1,14H2,2-3H3/b13-8+,15-9?. The number of hydrogen-bond donors (Lipinski definition) is 1. The van der Waals surface area contributed by atoms with Crippen LogP contribution >= 0.6 is 0 Å². The molecule has 0 amide bonds. The monoisotopic (exact) mass is 200 g/mol. The molecule has 0 aliphatic rings. The highest BCUT2D eigenvalue weighted by molar-refractivity contribution is 6.09. The van der Waals surface area contributed by atoms with Gasteiger partial charge < -0.3 is 5.73 Å². The maximum Gasteiger partial charge on any atom is 0.0363 e. The Balaban J connectivity index is 2.94. The van der Waals surface area contributed by atoms with Crippen molar-refractivity contribution >= 4 is 11.8 Å². The van der Waals surface area contributed by atoms with Crippen molar-refractivity contribution in [2.24, 2.45) is 10.7 Å². The van der Waals surface area contributed by atoms with Crippen LogP contribution in [0.2, 0.25) is 0 Å². The second kappa shape index (κ2) is 5.15. The minimum Gasteiger partial charge on any atom is -0.404 e. The highest BCUT2D eigenvalue weighted by Gasteiger charge is 1.96. The Kier molecular flexibility index (Phi) is 3.86. The summed E-state index contributed by atoms with van der Waals surface area (Å²) in [6, 6.07) is 8.15. The van der Waals surface area contributed by atoms with Crippen molar-refractivity contribution in [2.45, 2.75) is 13.8 Å². The van der Waals surface area contributed by atoms with Gasteiger partial charge in [0.1, 0.15) is 0 Å². The van der Waals surface area contributed by atoms with Gasteiger partial charge in [0.15, 0.2) is 0 Å². The van der Waals surface area contributed by atoms with Crippen molar-refractivity contribution in [3.8, 4) is 0 Å². The van der Waals surface area contributed by atoms with Gasteiger partial charge in [-0.05, 0) is 19.4 Å². The molecule has 0 unspecified atom stereocenters. The average Bonchev–Trinajstić information content (AvgIpc) is 2.21. The first-order chi connectivity index (χ1) is 7.13. The molecular formula is C13H16N2. The third-order valence-corrected chi connectivity index (χ3v) is 1.99. The molecule has 2 nitrogen and oxygen atoms in total. The molecule has 0 bridgehead atoms. The molecule has 0 heterocycles. The molecule has 1 aromatic carbocycles. The van der Waals surface area contributed by atoms with Crippen molar-refractivity contribution in [1.29, 1.82) is 0 Å². The highest BCUT2D eigenvalue weighted by atomic mass is 14.7. The topological polar surface area (TPSA) is 38.4 Å². The summed E-state index contributed by atoms with van der Waals surface area (Å²) in [4.78, 5) is 4.13. The number of aliphatic imine (C=N–C) groups is 1. The number of nitrogens with two attached hydrogens (primary N) is 1. The Morgan fingerprint density at radius 1 is 1.33 bits per heavy atom. The van der Waals surface area contributed by atoms with Gasteiger partial charge >= 0.3 is 0 Å². The van der Waals surface area contributed by atoms with E-state index >= 15 is 0 Å². The summed E-state index contributed by atoms with van der Waals surface area (Å²) in [5, 5.41) is 0. The van der Waals surface area contributed by atoms with Crippen LogP contribution in [0, 0.1) is 6.92 Å². The van der Waals surface area contributed by atoms with E-state index in [1.165, 1.54) is 5.56 Å². The molecular weight excluding hydrogens is 184 g/mol. The lowest BCUT2D eigenvalue weighted by atomic mass is 10.1. The molecule has 1 rings (SSSR count). The first-order valence-corrected chi connectivity index (χ1v) is 4.82. The summed E-state index contributed by atoms with van der Waals surface area (Å²) < 4.78 is 0. The molecule has 0 saturated heterocycles. The van der Waals surface area contributed by atoms with Crippen LogP contribution in [0.15, 0.2) is 47.7 Å². The van der Waals surface area contributed by atoms with Crippen LogP contribution in [-0.4, -0.2) is 6.21 Å². The van der Waals surface area contributed by atoms with Crippen LogP contribution < -0.4 is 5.73 Å². The quantitative estimate of drug-likeness (QED) is 0.748. The van der Waals surface area contributed by atoms with E-state index in [-0.39, 0.29) is 0 Å². The summed E-state index contributed by atoms with van der Waals surface area (Å²) in [5.74, 6) is 0. The second-order valence-electron chi connectivity index (χ2n) is 3.48. The average molecular weight is 200 g/mol. The van der Waals surface area contributed by atoms with E-state index in [1.54, 1.807) is 12.4 Å². The van der Waals surface area contributed by atoms with Crippen LogP contribution in [0.3, 0.4) is 0 Å². The zero-order valence-corrected chi connectivity index (χ0v) is 9.20. The molecule has 2 N–H and O–H groups in total. The highest BCUT2D eigenvalue weighted by Crippen LogP contribution is 2.12. The van der Waals surface area contributed by atoms with E-state index in [2.05, 4.69) is 18.5 Å². The predicted octanol–water partition coefficient (Wildman–Crippen LogP) is 2.90. The number of rotatable bonds is 3. The van der Waals surface area contributed by atoms with Gasteiger partial charge in [-0.15, -0.1) is 0 Å². The van der Waals surface area contributed by atoms with E-state index < -0.39 is 0 Å². The van der Waals surface area contributed by atoms with Gasteiger partial charge in [-0.3, -0.25) is 4.99 Å². The van der Waals surface area contributed by atoms with E-state index in [0.717, 1.165) is 16.8 Å². The van der Waals surface area contributed by atoms with Gasteiger partial charge in [0.2, 0.25) is 0 Å². The van der Waals surface area contributed by atoms with E-state index in [0.29, 0.717) is 0 Å². The first-order valence-electron chi connectivity index (χ1n) is 4.82. The molecule has 1 aromatic rings. The fraction of sp³-hybridized carbons (Fsp3) is 0.154. The van der Waals surface area contributed by atoms with Crippen molar-refractivity contribution in [3.05, 3.63) is 53.9 Å². The number of allylic oxidation sites excluding steroid dienone is 2. The SMILES string of the molecule is C=C(C)N=C/C(=C\N)c1ccc(C)cc1.